The van der Waals surface area contributed by atoms with Crippen molar-refractivity contribution in [2.75, 3.05) is 0 Å². The van der Waals surface area contributed by atoms with Crippen LogP contribution in [0.1, 0.15) is 13.8 Å². The quantitative estimate of drug-likeness (QED) is 0.182. The molecule has 46 heavy (non-hydrogen) atoms. The van der Waals surface area contributed by atoms with Crippen LogP contribution in [0.4, 0.5) is 0 Å². The largest absolute Gasteiger partial charge is 0.310 e. The molecule has 0 aliphatic carbocycles. The first-order chi connectivity index (χ1) is 22.7. The smallest absolute Gasteiger partial charge is 0.0541 e. The lowest BCUT2D eigenvalue weighted by Gasteiger charge is -2.11. The molecule has 0 radical (unpaired) electrons. The molecular formula is C44H32N2. The van der Waals surface area contributed by atoms with Crippen LogP contribution in [0.25, 0.3) is 88.9 Å². The number of fused-ring (bicyclic) bond motifs is 7. The predicted molar refractivity (Wildman–Crippen MR) is 198 cm³/mol. The molecule has 0 atom stereocenters. The summed E-state index contributed by atoms with van der Waals surface area (Å²) >= 11 is 0. The highest BCUT2D eigenvalue weighted by atomic mass is 15.0. The Morgan fingerprint density at radius 3 is 1.80 bits per heavy atom. The fourth-order valence-corrected chi connectivity index (χ4v) is 7.53. The van der Waals surface area contributed by atoms with Gasteiger partial charge in [-0.05, 0) is 101 Å². The van der Waals surface area contributed by atoms with Crippen molar-refractivity contribution in [2.45, 2.75) is 13.8 Å². The van der Waals surface area contributed by atoms with E-state index in [0.29, 0.717) is 0 Å². The average Bonchev–Trinajstić information content (AvgIpc) is 3.63. The first kappa shape index (κ1) is 26.5. The van der Waals surface area contributed by atoms with Gasteiger partial charge in [-0.15, -0.1) is 0 Å². The van der Waals surface area contributed by atoms with E-state index in [4.69, 9.17) is 0 Å². The van der Waals surface area contributed by atoms with Crippen LogP contribution in [0.3, 0.4) is 0 Å². The van der Waals surface area contributed by atoms with Crippen LogP contribution >= 0.6 is 0 Å². The molecule has 9 rings (SSSR count). The van der Waals surface area contributed by atoms with Gasteiger partial charge < -0.3 is 9.13 Å². The van der Waals surface area contributed by atoms with E-state index in [1.807, 2.05) is 0 Å². The van der Waals surface area contributed by atoms with Gasteiger partial charge in [-0.25, -0.2) is 0 Å². The third-order valence-electron chi connectivity index (χ3n) is 9.61. The molecule has 0 saturated heterocycles. The van der Waals surface area contributed by atoms with Gasteiger partial charge in [0.05, 0.1) is 16.6 Å². The summed E-state index contributed by atoms with van der Waals surface area (Å²) in [5.74, 6) is 0. The van der Waals surface area contributed by atoms with Crippen molar-refractivity contribution in [3.8, 4) is 22.5 Å². The Morgan fingerprint density at radius 1 is 0.391 bits per heavy atom. The number of hydrogen-bond acceptors (Lipinski definition) is 0. The molecule has 0 aliphatic rings. The molecule has 7 aromatic carbocycles. The molecule has 0 bridgehead atoms. The van der Waals surface area contributed by atoms with E-state index >= 15 is 0 Å². The number of benzene rings is 7. The van der Waals surface area contributed by atoms with E-state index in [1.54, 1.807) is 0 Å². The van der Waals surface area contributed by atoms with Crippen LogP contribution < -0.4 is 10.6 Å². The molecule has 2 aromatic heterocycles. The normalized spacial score (nSPS) is 12.8. The van der Waals surface area contributed by atoms with Crippen LogP contribution in [0.15, 0.2) is 146 Å². The van der Waals surface area contributed by atoms with E-state index in [-0.39, 0.29) is 0 Å². The van der Waals surface area contributed by atoms with Gasteiger partial charge in [0.1, 0.15) is 0 Å². The van der Waals surface area contributed by atoms with Gasteiger partial charge in [-0.1, -0.05) is 103 Å². The molecule has 0 aliphatic heterocycles. The molecule has 2 heterocycles. The summed E-state index contributed by atoms with van der Waals surface area (Å²) in [5, 5.41) is 11.4. The van der Waals surface area contributed by atoms with Crippen molar-refractivity contribution >= 4 is 66.4 Å². The minimum Gasteiger partial charge on any atom is -0.310 e. The van der Waals surface area contributed by atoms with E-state index in [1.165, 1.54) is 87.3 Å². The second-order valence-corrected chi connectivity index (χ2v) is 12.1. The molecular weight excluding hydrogens is 556 g/mol. The second kappa shape index (κ2) is 10.4. The fraction of sp³-hybridized carbons (Fsp3) is 0.0455. The number of nitrogens with zero attached hydrogens (tertiary/aromatic N) is 2. The van der Waals surface area contributed by atoms with Crippen molar-refractivity contribution in [2.24, 2.45) is 0 Å². The van der Waals surface area contributed by atoms with Crippen LogP contribution in [0, 0.1) is 0 Å². The minimum atomic E-state index is 1.18. The second-order valence-electron chi connectivity index (χ2n) is 12.1. The monoisotopic (exact) mass is 588 g/mol. The van der Waals surface area contributed by atoms with E-state index < -0.39 is 0 Å². The zero-order valence-corrected chi connectivity index (χ0v) is 25.9. The topological polar surface area (TPSA) is 9.86 Å². The van der Waals surface area contributed by atoms with Crippen molar-refractivity contribution in [1.82, 2.24) is 9.13 Å². The molecule has 0 amide bonds. The maximum absolute atomic E-state index is 2.42. The first-order valence-electron chi connectivity index (χ1n) is 16.0. The molecule has 0 fully saturated rings. The SMILES string of the molecule is C/C=c1\c(=C/C)n(-c2ccccc2)c2ccc(-c3ccc4c(c3)c3ccccc3n4-c3ccc4c(ccc5ccccc54)c3)cc12. The average molecular weight is 589 g/mol. The summed E-state index contributed by atoms with van der Waals surface area (Å²) in [7, 11) is 0. The Kier molecular flexibility index (Phi) is 5.97. The predicted octanol–water partition coefficient (Wildman–Crippen LogP) is 10.3. The van der Waals surface area contributed by atoms with Crippen LogP contribution in [0.2, 0.25) is 0 Å². The molecule has 2 heteroatoms. The Labute approximate surface area is 267 Å². The maximum atomic E-state index is 2.42. The lowest BCUT2D eigenvalue weighted by atomic mass is 10.0. The lowest BCUT2D eigenvalue weighted by molar-refractivity contribution is 1.07. The zero-order chi connectivity index (χ0) is 30.8. The van der Waals surface area contributed by atoms with Gasteiger partial charge in [0, 0.05) is 38.1 Å². The fourth-order valence-electron chi connectivity index (χ4n) is 7.53. The molecule has 218 valence electrons. The highest BCUT2D eigenvalue weighted by Crippen LogP contribution is 2.37. The number of hydrogen-bond donors (Lipinski definition) is 0. The number of rotatable bonds is 3. The van der Waals surface area contributed by atoms with Gasteiger partial charge in [-0.2, -0.15) is 0 Å². The van der Waals surface area contributed by atoms with Crippen LogP contribution in [-0.4, -0.2) is 9.13 Å². The first-order valence-corrected chi connectivity index (χ1v) is 16.0. The summed E-state index contributed by atoms with van der Waals surface area (Å²) < 4.78 is 4.79. The third-order valence-corrected chi connectivity index (χ3v) is 9.61. The zero-order valence-electron chi connectivity index (χ0n) is 25.9. The number of aromatic nitrogens is 2. The number of para-hydroxylation sites is 2. The van der Waals surface area contributed by atoms with E-state index in [2.05, 4.69) is 181 Å². The molecule has 0 unspecified atom stereocenters. The van der Waals surface area contributed by atoms with Gasteiger partial charge in [0.15, 0.2) is 0 Å². The lowest BCUT2D eigenvalue weighted by Crippen LogP contribution is -2.27. The minimum absolute atomic E-state index is 1.18. The van der Waals surface area contributed by atoms with Crippen molar-refractivity contribution < 1.29 is 0 Å². The summed E-state index contributed by atoms with van der Waals surface area (Å²) in [4.78, 5) is 0. The van der Waals surface area contributed by atoms with Gasteiger partial charge in [-0.3, -0.25) is 0 Å². The Balaban J connectivity index is 1.24. The molecule has 9 aromatic rings. The highest BCUT2D eigenvalue weighted by Gasteiger charge is 2.15. The van der Waals surface area contributed by atoms with Crippen molar-refractivity contribution in [3.63, 3.8) is 0 Å². The summed E-state index contributed by atoms with van der Waals surface area (Å²) in [6.07, 6.45) is 4.46. The van der Waals surface area contributed by atoms with E-state index in [0.717, 1.165) is 0 Å². The van der Waals surface area contributed by atoms with Crippen molar-refractivity contribution in [3.05, 3.63) is 156 Å². The van der Waals surface area contributed by atoms with Gasteiger partial charge >= 0.3 is 0 Å². The molecule has 0 N–H and O–H groups in total. The van der Waals surface area contributed by atoms with Gasteiger partial charge in [0.2, 0.25) is 0 Å². The van der Waals surface area contributed by atoms with Crippen LogP contribution in [-0.2, 0) is 0 Å². The highest BCUT2D eigenvalue weighted by molar-refractivity contribution is 6.12. The Hall–Kier alpha value is -5.86. The molecule has 0 spiro atoms. The van der Waals surface area contributed by atoms with E-state index in [9.17, 15) is 0 Å². The summed E-state index contributed by atoms with van der Waals surface area (Å²) in [6, 6.07) is 53.3. The van der Waals surface area contributed by atoms with Crippen LogP contribution in [0.5, 0.6) is 0 Å². The molecule has 2 nitrogen and oxygen atoms in total. The van der Waals surface area contributed by atoms with Gasteiger partial charge in [0.25, 0.3) is 0 Å². The summed E-state index contributed by atoms with van der Waals surface area (Å²) in [6.45, 7) is 4.27. The molecule has 0 saturated carbocycles. The maximum Gasteiger partial charge on any atom is 0.0541 e. The third kappa shape index (κ3) is 3.90. The Bertz CT molecular complexity index is 2760. The summed E-state index contributed by atoms with van der Waals surface area (Å²) in [5.41, 5.74) is 8.45. The van der Waals surface area contributed by atoms with Crippen molar-refractivity contribution in [1.29, 1.82) is 0 Å². The Morgan fingerprint density at radius 2 is 1.02 bits per heavy atom. The standard InChI is InChI=1S/C44H32N2/c1-3-35-39-27-30(20-24-43(39)45(41(35)4-2)33-13-6-5-7-14-33)31-21-25-44-40(28-31)38-16-10-11-17-42(38)46(44)34-22-23-37-32(26-34)19-18-29-12-8-9-15-36(29)37/h3-28H,1-2H3/b35-3-,41-4+.